The third-order valence-corrected chi connectivity index (χ3v) is 3.42. The Morgan fingerprint density at radius 3 is 2.94 bits per heavy atom. The molecule has 0 saturated carbocycles. The van der Waals surface area contributed by atoms with Gasteiger partial charge in [0.1, 0.15) is 0 Å². The van der Waals surface area contributed by atoms with E-state index < -0.39 is 0 Å². The van der Waals surface area contributed by atoms with Crippen LogP contribution in [-0.4, -0.2) is 24.6 Å². The SMILES string of the molecule is CNc1nc2ccc(C(=O)OCC(C)C)cc2s1. The van der Waals surface area contributed by atoms with E-state index in [1.54, 1.807) is 6.07 Å². The van der Waals surface area contributed by atoms with E-state index in [2.05, 4.69) is 10.3 Å². The second kappa shape index (κ2) is 5.35. The third-order valence-electron chi connectivity index (χ3n) is 2.39. The number of carbonyl (C=O) groups is 1. The van der Waals surface area contributed by atoms with E-state index >= 15 is 0 Å². The summed E-state index contributed by atoms with van der Waals surface area (Å²) in [7, 11) is 1.83. The number of nitrogens with zero attached hydrogens (tertiary/aromatic N) is 1. The minimum Gasteiger partial charge on any atom is -0.462 e. The second-order valence-corrected chi connectivity index (χ2v) is 5.47. The maximum Gasteiger partial charge on any atom is 0.338 e. The van der Waals surface area contributed by atoms with Crippen LogP contribution in [-0.2, 0) is 4.74 Å². The number of benzene rings is 1. The van der Waals surface area contributed by atoms with Crippen molar-refractivity contribution in [2.24, 2.45) is 5.92 Å². The molecule has 0 radical (unpaired) electrons. The molecule has 0 fully saturated rings. The molecule has 1 aromatic heterocycles. The Morgan fingerprint density at radius 1 is 1.50 bits per heavy atom. The minimum atomic E-state index is -0.273. The minimum absolute atomic E-state index is 0.273. The molecule has 5 heteroatoms. The van der Waals surface area contributed by atoms with E-state index in [0.717, 1.165) is 15.3 Å². The van der Waals surface area contributed by atoms with Gasteiger partial charge in [-0.15, -0.1) is 0 Å². The van der Waals surface area contributed by atoms with Crippen LogP contribution in [0.4, 0.5) is 5.13 Å². The summed E-state index contributed by atoms with van der Waals surface area (Å²) in [4.78, 5) is 16.2. The van der Waals surface area contributed by atoms with Gasteiger partial charge in [-0.3, -0.25) is 0 Å². The fourth-order valence-corrected chi connectivity index (χ4v) is 2.34. The van der Waals surface area contributed by atoms with E-state index in [9.17, 15) is 4.79 Å². The van der Waals surface area contributed by atoms with Crippen LogP contribution in [0.2, 0.25) is 0 Å². The molecule has 0 aliphatic carbocycles. The van der Waals surface area contributed by atoms with Gasteiger partial charge in [0.15, 0.2) is 5.13 Å². The Labute approximate surface area is 110 Å². The highest BCUT2D eigenvalue weighted by Gasteiger charge is 2.10. The predicted molar refractivity (Wildman–Crippen MR) is 74.3 cm³/mol. The van der Waals surface area contributed by atoms with E-state index in [0.29, 0.717) is 18.1 Å². The van der Waals surface area contributed by atoms with Gasteiger partial charge in [-0.25, -0.2) is 9.78 Å². The van der Waals surface area contributed by atoms with Crippen LogP contribution in [0.3, 0.4) is 0 Å². The van der Waals surface area contributed by atoms with Crippen molar-refractivity contribution in [1.29, 1.82) is 0 Å². The van der Waals surface area contributed by atoms with Crippen LogP contribution in [0.1, 0.15) is 24.2 Å². The normalized spacial score (nSPS) is 10.9. The monoisotopic (exact) mass is 264 g/mol. The number of carbonyl (C=O) groups excluding carboxylic acids is 1. The number of anilines is 1. The first kappa shape index (κ1) is 12.8. The number of esters is 1. The maximum atomic E-state index is 11.8. The molecule has 0 aliphatic rings. The lowest BCUT2D eigenvalue weighted by Gasteiger charge is -2.06. The van der Waals surface area contributed by atoms with E-state index in [1.807, 2.05) is 33.0 Å². The standard InChI is InChI=1S/C13H16N2O2S/c1-8(2)7-17-12(16)9-4-5-10-11(6-9)18-13(14-3)15-10/h4-6,8H,7H2,1-3H3,(H,14,15). The summed E-state index contributed by atoms with van der Waals surface area (Å²) in [6, 6.07) is 5.43. The summed E-state index contributed by atoms with van der Waals surface area (Å²) in [6.07, 6.45) is 0. The lowest BCUT2D eigenvalue weighted by Crippen LogP contribution is -2.09. The van der Waals surface area contributed by atoms with Gasteiger partial charge in [-0.2, -0.15) is 0 Å². The van der Waals surface area contributed by atoms with Gasteiger partial charge >= 0.3 is 5.97 Å². The molecule has 1 aromatic carbocycles. The molecule has 0 amide bonds. The molecule has 0 atom stereocenters. The summed E-state index contributed by atoms with van der Waals surface area (Å²) in [6.45, 7) is 4.47. The van der Waals surface area contributed by atoms with Gasteiger partial charge in [0, 0.05) is 7.05 Å². The van der Waals surface area contributed by atoms with Crippen molar-refractivity contribution in [3.63, 3.8) is 0 Å². The predicted octanol–water partition coefficient (Wildman–Crippen LogP) is 3.15. The van der Waals surface area contributed by atoms with Crippen LogP contribution < -0.4 is 5.32 Å². The average molecular weight is 264 g/mol. The smallest absolute Gasteiger partial charge is 0.338 e. The molecule has 1 N–H and O–H groups in total. The average Bonchev–Trinajstić information content (AvgIpc) is 2.77. The Bertz CT molecular complexity index is 563. The molecule has 0 bridgehead atoms. The van der Waals surface area contributed by atoms with Crippen molar-refractivity contribution < 1.29 is 9.53 Å². The number of ether oxygens (including phenoxy) is 1. The molecule has 18 heavy (non-hydrogen) atoms. The van der Waals surface area contributed by atoms with Crippen LogP contribution in [0.15, 0.2) is 18.2 Å². The fourth-order valence-electron chi connectivity index (χ4n) is 1.48. The molecule has 2 rings (SSSR count). The quantitative estimate of drug-likeness (QED) is 0.862. The van der Waals surface area contributed by atoms with Crippen molar-refractivity contribution >= 4 is 32.7 Å². The number of fused-ring (bicyclic) bond motifs is 1. The van der Waals surface area contributed by atoms with Crippen molar-refractivity contribution in [1.82, 2.24) is 4.98 Å². The second-order valence-electron chi connectivity index (χ2n) is 4.44. The molecule has 0 spiro atoms. The fraction of sp³-hybridized carbons (Fsp3) is 0.385. The lowest BCUT2D eigenvalue weighted by atomic mass is 10.2. The van der Waals surface area contributed by atoms with Crippen molar-refractivity contribution in [3.05, 3.63) is 23.8 Å². The van der Waals surface area contributed by atoms with Gasteiger partial charge < -0.3 is 10.1 Å². The topological polar surface area (TPSA) is 51.2 Å². The Hall–Kier alpha value is -1.62. The van der Waals surface area contributed by atoms with Crippen LogP contribution in [0.25, 0.3) is 10.2 Å². The molecule has 2 aromatic rings. The van der Waals surface area contributed by atoms with Gasteiger partial charge in [-0.1, -0.05) is 25.2 Å². The van der Waals surface area contributed by atoms with E-state index in [4.69, 9.17) is 4.74 Å². The largest absolute Gasteiger partial charge is 0.462 e. The van der Waals surface area contributed by atoms with E-state index in [1.165, 1.54) is 11.3 Å². The summed E-state index contributed by atoms with van der Waals surface area (Å²) in [5.74, 6) is 0.0713. The molecule has 96 valence electrons. The van der Waals surface area contributed by atoms with Gasteiger partial charge in [0.05, 0.1) is 22.4 Å². The highest BCUT2D eigenvalue weighted by Crippen LogP contribution is 2.26. The number of hydrogen-bond donors (Lipinski definition) is 1. The summed E-state index contributed by atoms with van der Waals surface area (Å²) in [5, 5.41) is 3.84. The molecular weight excluding hydrogens is 248 g/mol. The van der Waals surface area contributed by atoms with Crippen molar-refractivity contribution in [2.45, 2.75) is 13.8 Å². The Morgan fingerprint density at radius 2 is 2.28 bits per heavy atom. The number of thiazole rings is 1. The molecule has 0 unspecified atom stereocenters. The first-order valence-electron chi connectivity index (χ1n) is 5.85. The maximum absolute atomic E-state index is 11.8. The summed E-state index contributed by atoms with van der Waals surface area (Å²) < 4.78 is 6.19. The molecule has 1 heterocycles. The molecule has 0 aliphatic heterocycles. The Balaban J connectivity index is 2.21. The molecule has 4 nitrogen and oxygen atoms in total. The highest BCUT2D eigenvalue weighted by molar-refractivity contribution is 7.22. The number of hydrogen-bond acceptors (Lipinski definition) is 5. The van der Waals surface area contributed by atoms with Gasteiger partial charge in [-0.05, 0) is 24.1 Å². The van der Waals surface area contributed by atoms with Crippen molar-refractivity contribution in [2.75, 3.05) is 19.0 Å². The van der Waals surface area contributed by atoms with Gasteiger partial charge in [0.25, 0.3) is 0 Å². The van der Waals surface area contributed by atoms with E-state index in [-0.39, 0.29) is 5.97 Å². The zero-order valence-corrected chi connectivity index (χ0v) is 11.5. The first-order chi connectivity index (χ1) is 8.60. The third kappa shape index (κ3) is 2.79. The lowest BCUT2D eigenvalue weighted by molar-refractivity contribution is 0.0459. The molecule has 0 saturated heterocycles. The number of aromatic nitrogens is 1. The number of nitrogens with one attached hydrogen (secondary N) is 1. The number of rotatable bonds is 4. The Kier molecular flexibility index (Phi) is 3.81. The first-order valence-corrected chi connectivity index (χ1v) is 6.67. The van der Waals surface area contributed by atoms with Crippen molar-refractivity contribution in [3.8, 4) is 0 Å². The molecular formula is C13H16N2O2S. The van der Waals surface area contributed by atoms with Crippen LogP contribution in [0, 0.1) is 5.92 Å². The summed E-state index contributed by atoms with van der Waals surface area (Å²) >= 11 is 1.52. The van der Waals surface area contributed by atoms with Crippen LogP contribution >= 0.6 is 11.3 Å². The highest BCUT2D eigenvalue weighted by atomic mass is 32.1. The zero-order chi connectivity index (χ0) is 13.1. The summed E-state index contributed by atoms with van der Waals surface area (Å²) in [5.41, 5.74) is 1.47. The van der Waals surface area contributed by atoms with Gasteiger partial charge in [0.2, 0.25) is 0 Å². The zero-order valence-electron chi connectivity index (χ0n) is 10.7. The van der Waals surface area contributed by atoms with Crippen LogP contribution in [0.5, 0.6) is 0 Å².